The quantitative estimate of drug-likeness (QED) is 0.702. The summed E-state index contributed by atoms with van der Waals surface area (Å²) in [6.45, 7) is 4.23. The van der Waals surface area contributed by atoms with Crippen molar-refractivity contribution in [2.24, 2.45) is 0 Å². The van der Waals surface area contributed by atoms with Crippen molar-refractivity contribution in [1.82, 2.24) is 5.32 Å². The van der Waals surface area contributed by atoms with Crippen LogP contribution >= 0.6 is 0 Å². The Bertz CT molecular complexity index is 359. The molecule has 1 N–H and O–H groups in total. The predicted molar refractivity (Wildman–Crippen MR) is 72.2 cm³/mol. The van der Waals surface area contributed by atoms with Gasteiger partial charge in [0.2, 0.25) is 0 Å². The molecule has 0 saturated carbocycles. The molecule has 0 amide bonds. The van der Waals surface area contributed by atoms with Gasteiger partial charge in [0.05, 0.1) is 0 Å². The summed E-state index contributed by atoms with van der Waals surface area (Å²) in [6.07, 6.45) is 17.1. The minimum atomic E-state index is 1.00. The van der Waals surface area contributed by atoms with Gasteiger partial charge in [-0.25, -0.2) is 0 Å². The average molecular weight is 215 g/mol. The van der Waals surface area contributed by atoms with Crippen molar-refractivity contribution in [2.45, 2.75) is 26.7 Å². The molecule has 1 nitrogen and oxygen atoms in total. The molecule has 86 valence electrons. The van der Waals surface area contributed by atoms with E-state index in [9.17, 15) is 0 Å². The van der Waals surface area contributed by atoms with Crippen LogP contribution in [0, 0.1) is 0 Å². The molecule has 1 aliphatic rings. The highest BCUT2D eigenvalue weighted by molar-refractivity contribution is 5.50. The summed E-state index contributed by atoms with van der Waals surface area (Å²) >= 11 is 0. The lowest BCUT2D eigenvalue weighted by Crippen LogP contribution is -2.08. The van der Waals surface area contributed by atoms with Gasteiger partial charge >= 0.3 is 0 Å². The standard InChI is InChI=1S/C15H21N/c1-4-10-14(15(5-2)16-3)13-11-8-6-7-9-12-13/h4,6-8,10-12,16H,5,9H2,1-3H3/b10-4-,15-14-. The van der Waals surface area contributed by atoms with Gasteiger partial charge in [0.25, 0.3) is 0 Å². The van der Waals surface area contributed by atoms with Gasteiger partial charge in [-0.05, 0) is 30.9 Å². The van der Waals surface area contributed by atoms with Crippen LogP contribution in [-0.2, 0) is 0 Å². The molecule has 0 aromatic carbocycles. The monoisotopic (exact) mass is 215 g/mol. The van der Waals surface area contributed by atoms with E-state index < -0.39 is 0 Å². The lowest BCUT2D eigenvalue weighted by molar-refractivity contribution is 0.887. The molecule has 0 aromatic rings. The molecule has 0 unspecified atom stereocenters. The summed E-state index contributed by atoms with van der Waals surface area (Å²) in [5.41, 5.74) is 3.89. The second-order valence-electron chi connectivity index (χ2n) is 3.68. The van der Waals surface area contributed by atoms with E-state index in [1.807, 2.05) is 7.05 Å². The van der Waals surface area contributed by atoms with Crippen LogP contribution < -0.4 is 5.32 Å². The lowest BCUT2D eigenvalue weighted by atomic mass is 10.0. The lowest BCUT2D eigenvalue weighted by Gasteiger charge is -2.11. The Balaban J connectivity index is 3.11. The van der Waals surface area contributed by atoms with E-state index >= 15 is 0 Å². The smallest absolute Gasteiger partial charge is 0.0181 e. The Hall–Kier alpha value is -1.50. The van der Waals surface area contributed by atoms with E-state index in [1.54, 1.807) is 0 Å². The molecule has 0 aliphatic heterocycles. The topological polar surface area (TPSA) is 12.0 Å². The summed E-state index contributed by atoms with van der Waals surface area (Å²) < 4.78 is 0. The Labute approximate surface area is 98.9 Å². The van der Waals surface area contributed by atoms with Crippen LogP contribution in [0.1, 0.15) is 26.7 Å². The Morgan fingerprint density at radius 1 is 1.44 bits per heavy atom. The number of nitrogens with one attached hydrogen (secondary N) is 1. The Morgan fingerprint density at radius 2 is 2.25 bits per heavy atom. The van der Waals surface area contributed by atoms with Gasteiger partial charge in [-0.1, -0.05) is 49.5 Å². The first kappa shape index (κ1) is 12.6. The molecule has 0 atom stereocenters. The zero-order valence-electron chi connectivity index (χ0n) is 10.5. The average Bonchev–Trinajstić information content (AvgIpc) is 2.58. The maximum atomic E-state index is 3.29. The van der Waals surface area contributed by atoms with Crippen molar-refractivity contribution in [1.29, 1.82) is 0 Å². The normalized spacial score (nSPS) is 17.1. The molecule has 0 fully saturated rings. The third kappa shape index (κ3) is 3.27. The number of rotatable bonds is 4. The maximum Gasteiger partial charge on any atom is 0.0181 e. The fourth-order valence-electron chi connectivity index (χ4n) is 1.82. The van der Waals surface area contributed by atoms with Gasteiger partial charge < -0.3 is 5.32 Å². The van der Waals surface area contributed by atoms with E-state index in [4.69, 9.17) is 0 Å². The zero-order chi connectivity index (χ0) is 11.8. The first-order chi connectivity index (χ1) is 7.83. The maximum absolute atomic E-state index is 3.29. The van der Waals surface area contributed by atoms with E-state index in [0.717, 1.165) is 12.8 Å². The molecular weight excluding hydrogens is 194 g/mol. The molecule has 0 radical (unpaired) electrons. The highest BCUT2D eigenvalue weighted by Gasteiger charge is 2.04. The van der Waals surface area contributed by atoms with Crippen LogP contribution in [-0.4, -0.2) is 7.05 Å². The molecule has 0 saturated heterocycles. The summed E-state index contributed by atoms with van der Waals surface area (Å²) in [5.74, 6) is 0. The number of allylic oxidation sites excluding steroid dienone is 10. The van der Waals surface area contributed by atoms with Gasteiger partial charge in [0.1, 0.15) is 0 Å². The fourth-order valence-corrected chi connectivity index (χ4v) is 1.82. The molecule has 1 rings (SSSR count). The molecule has 16 heavy (non-hydrogen) atoms. The second kappa shape index (κ2) is 6.89. The van der Waals surface area contributed by atoms with E-state index in [1.165, 1.54) is 16.8 Å². The first-order valence-electron chi connectivity index (χ1n) is 5.90. The summed E-state index contributed by atoms with van der Waals surface area (Å²) in [6, 6.07) is 0. The van der Waals surface area contributed by atoms with Crippen LogP contribution in [0.2, 0.25) is 0 Å². The van der Waals surface area contributed by atoms with Gasteiger partial charge in [0, 0.05) is 12.7 Å². The third-order valence-corrected chi connectivity index (χ3v) is 2.62. The molecule has 1 aliphatic carbocycles. The molecule has 0 heterocycles. The van der Waals surface area contributed by atoms with Crippen LogP contribution in [0.15, 0.2) is 59.4 Å². The minimum absolute atomic E-state index is 1.00. The second-order valence-corrected chi connectivity index (χ2v) is 3.68. The largest absolute Gasteiger partial charge is 0.391 e. The van der Waals surface area contributed by atoms with Crippen molar-refractivity contribution in [3.05, 3.63) is 59.4 Å². The highest BCUT2D eigenvalue weighted by Crippen LogP contribution is 2.20. The van der Waals surface area contributed by atoms with Crippen molar-refractivity contribution >= 4 is 0 Å². The molecule has 0 spiro atoms. The summed E-state index contributed by atoms with van der Waals surface area (Å²) in [7, 11) is 1.99. The molecule has 0 aromatic heterocycles. The fraction of sp³-hybridized carbons (Fsp3) is 0.333. The van der Waals surface area contributed by atoms with Crippen molar-refractivity contribution < 1.29 is 0 Å². The zero-order valence-corrected chi connectivity index (χ0v) is 10.5. The number of hydrogen-bond donors (Lipinski definition) is 1. The third-order valence-electron chi connectivity index (χ3n) is 2.62. The SMILES string of the molecule is C/C=C\C(C1=CCC=CC=C1)=C(/CC)NC. The Kier molecular flexibility index (Phi) is 5.41. The van der Waals surface area contributed by atoms with Crippen LogP contribution in [0.3, 0.4) is 0 Å². The van der Waals surface area contributed by atoms with Gasteiger partial charge in [-0.3, -0.25) is 0 Å². The number of hydrogen-bond acceptors (Lipinski definition) is 1. The molecule has 0 bridgehead atoms. The van der Waals surface area contributed by atoms with Gasteiger partial charge in [-0.2, -0.15) is 0 Å². The predicted octanol–water partition coefficient (Wildman–Crippen LogP) is 3.89. The van der Waals surface area contributed by atoms with Crippen molar-refractivity contribution in [3.8, 4) is 0 Å². The van der Waals surface area contributed by atoms with Crippen LogP contribution in [0.25, 0.3) is 0 Å². The molecule has 1 heteroatoms. The van der Waals surface area contributed by atoms with Gasteiger partial charge in [0.15, 0.2) is 0 Å². The summed E-state index contributed by atoms with van der Waals surface area (Å²) in [5, 5.41) is 3.29. The van der Waals surface area contributed by atoms with Crippen molar-refractivity contribution in [2.75, 3.05) is 7.05 Å². The minimum Gasteiger partial charge on any atom is -0.391 e. The van der Waals surface area contributed by atoms with Gasteiger partial charge in [-0.15, -0.1) is 0 Å². The molecular formula is C15H21N. The summed E-state index contributed by atoms with van der Waals surface area (Å²) in [4.78, 5) is 0. The van der Waals surface area contributed by atoms with E-state index in [2.05, 4.69) is 61.7 Å². The van der Waals surface area contributed by atoms with E-state index in [-0.39, 0.29) is 0 Å². The van der Waals surface area contributed by atoms with Crippen LogP contribution in [0.5, 0.6) is 0 Å². The van der Waals surface area contributed by atoms with Crippen molar-refractivity contribution in [3.63, 3.8) is 0 Å². The van der Waals surface area contributed by atoms with E-state index in [0.29, 0.717) is 0 Å². The first-order valence-corrected chi connectivity index (χ1v) is 5.90. The Morgan fingerprint density at radius 3 is 2.88 bits per heavy atom. The highest BCUT2D eigenvalue weighted by atomic mass is 14.8. The van der Waals surface area contributed by atoms with Crippen LogP contribution in [0.4, 0.5) is 0 Å².